The van der Waals surface area contributed by atoms with E-state index in [2.05, 4.69) is 16.0 Å². The zero-order valence-corrected chi connectivity index (χ0v) is 12.2. The predicted molar refractivity (Wildman–Crippen MR) is 78.2 cm³/mol. The lowest BCUT2D eigenvalue weighted by Crippen LogP contribution is -2.50. The Hall–Kier alpha value is -1.66. The molecule has 5 nitrogen and oxygen atoms in total. The smallest absolute Gasteiger partial charge is 0.336 e. The van der Waals surface area contributed by atoms with Crippen LogP contribution in [0.1, 0.15) is 6.92 Å². The number of nitrogens with zero attached hydrogens (tertiary/aromatic N) is 2. The van der Waals surface area contributed by atoms with Crippen molar-refractivity contribution in [3.8, 4) is 0 Å². The van der Waals surface area contributed by atoms with Gasteiger partial charge in [-0.25, -0.2) is 9.78 Å². The second-order valence-electron chi connectivity index (χ2n) is 4.83. The van der Waals surface area contributed by atoms with Crippen LogP contribution in [-0.4, -0.2) is 43.4 Å². The largest absolute Gasteiger partial charge is 0.467 e. The van der Waals surface area contributed by atoms with Gasteiger partial charge in [-0.3, -0.25) is 0 Å². The number of ether oxygens (including phenoxy) is 2. The number of rotatable bonds is 2. The highest BCUT2D eigenvalue weighted by Gasteiger charge is 2.32. The third-order valence-corrected chi connectivity index (χ3v) is 4.37. The van der Waals surface area contributed by atoms with E-state index in [1.54, 1.807) is 11.3 Å². The lowest BCUT2D eigenvalue weighted by Gasteiger charge is -2.35. The zero-order valence-electron chi connectivity index (χ0n) is 11.4. The molecule has 0 aliphatic carbocycles. The van der Waals surface area contributed by atoms with Gasteiger partial charge in [0.05, 0.1) is 30.0 Å². The van der Waals surface area contributed by atoms with Gasteiger partial charge >= 0.3 is 5.97 Å². The molecule has 2 aromatic rings. The first-order valence-electron chi connectivity index (χ1n) is 6.51. The van der Waals surface area contributed by atoms with Gasteiger partial charge in [-0.15, -0.1) is 0 Å². The Kier molecular flexibility index (Phi) is 3.58. The molecule has 1 aliphatic rings. The number of hydrogen-bond acceptors (Lipinski definition) is 6. The lowest BCUT2D eigenvalue weighted by atomic mass is 10.2. The lowest BCUT2D eigenvalue weighted by molar-refractivity contribution is -0.158. The van der Waals surface area contributed by atoms with Crippen molar-refractivity contribution in [2.24, 2.45) is 0 Å². The van der Waals surface area contributed by atoms with Crippen LogP contribution >= 0.6 is 11.3 Å². The summed E-state index contributed by atoms with van der Waals surface area (Å²) in [6.45, 7) is 3.17. The van der Waals surface area contributed by atoms with E-state index in [4.69, 9.17) is 9.47 Å². The molecule has 2 heterocycles. The first kappa shape index (κ1) is 13.3. The summed E-state index contributed by atoms with van der Waals surface area (Å²) in [6.07, 6.45) is -0.573. The second-order valence-corrected chi connectivity index (χ2v) is 5.84. The summed E-state index contributed by atoms with van der Waals surface area (Å²) in [6, 6.07) is 8.03. The fourth-order valence-electron chi connectivity index (χ4n) is 2.36. The number of morpholine rings is 1. The summed E-state index contributed by atoms with van der Waals surface area (Å²) >= 11 is 1.63. The molecule has 0 saturated carbocycles. The quantitative estimate of drug-likeness (QED) is 0.793. The molecule has 1 unspecified atom stereocenters. The molecule has 0 bridgehead atoms. The summed E-state index contributed by atoms with van der Waals surface area (Å²) in [7, 11) is 1.38. The maximum Gasteiger partial charge on any atom is 0.336 e. The molecule has 2 atom stereocenters. The number of fused-ring (bicyclic) bond motifs is 1. The maximum atomic E-state index is 11.7. The van der Waals surface area contributed by atoms with Gasteiger partial charge < -0.3 is 14.4 Å². The first-order valence-corrected chi connectivity index (χ1v) is 7.33. The van der Waals surface area contributed by atoms with Crippen molar-refractivity contribution in [2.75, 3.05) is 25.1 Å². The molecule has 1 aromatic heterocycles. The predicted octanol–water partition coefficient (Wildman–Crippen LogP) is 2.06. The van der Waals surface area contributed by atoms with E-state index in [0.717, 1.165) is 21.9 Å². The van der Waals surface area contributed by atoms with E-state index >= 15 is 0 Å². The third-order valence-electron chi connectivity index (χ3n) is 3.28. The number of benzene rings is 1. The highest BCUT2D eigenvalue weighted by molar-refractivity contribution is 7.22. The molecule has 0 radical (unpaired) electrons. The summed E-state index contributed by atoms with van der Waals surface area (Å²) in [5.74, 6) is -0.331. The fourth-order valence-corrected chi connectivity index (χ4v) is 3.35. The van der Waals surface area contributed by atoms with Crippen molar-refractivity contribution in [3.05, 3.63) is 24.3 Å². The van der Waals surface area contributed by atoms with Gasteiger partial charge in [0.15, 0.2) is 11.2 Å². The zero-order chi connectivity index (χ0) is 14.1. The summed E-state index contributed by atoms with van der Waals surface area (Å²) in [5.41, 5.74) is 0.987. The minimum absolute atomic E-state index is 0.0279. The van der Waals surface area contributed by atoms with Gasteiger partial charge in [0.25, 0.3) is 0 Å². The van der Waals surface area contributed by atoms with E-state index in [0.29, 0.717) is 6.54 Å². The molecule has 20 heavy (non-hydrogen) atoms. The van der Waals surface area contributed by atoms with Crippen LogP contribution in [0, 0.1) is 0 Å². The summed E-state index contributed by atoms with van der Waals surface area (Å²) in [4.78, 5) is 18.4. The van der Waals surface area contributed by atoms with Crippen LogP contribution in [0.25, 0.3) is 10.2 Å². The summed E-state index contributed by atoms with van der Waals surface area (Å²) < 4.78 is 11.5. The number of carbonyl (C=O) groups is 1. The SMILES string of the molecule is COC(=O)C1CN(c2nc3ccccc3s2)C[C@@H](C)O1. The molecule has 1 aromatic carbocycles. The van der Waals surface area contributed by atoms with E-state index in [1.807, 2.05) is 25.1 Å². The Morgan fingerprint density at radius 1 is 1.45 bits per heavy atom. The Labute approximate surface area is 121 Å². The minimum atomic E-state index is -0.546. The molecule has 1 fully saturated rings. The van der Waals surface area contributed by atoms with Crippen LogP contribution in [0.4, 0.5) is 5.13 Å². The van der Waals surface area contributed by atoms with E-state index in [1.165, 1.54) is 7.11 Å². The number of aromatic nitrogens is 1. The van der Waals surface area contributed by atoms with E-state index in [-0.39, 0.29) is 12.1 Å². The van der Waals surface area contributed by atoms with Crippen LogP contribution in [0.5, 0.6) is 0 Å². The maximum absolute atomic E-state index is 11.7. The molecule has 0 spiro atoms. The number of methoxy groups -OCH3 is 1. The van der Waals surface area contributed by atoms with Crippen molar-refractivity contribution >= 4 is 32.7 Å². The van der Waals surface area contributed by atoms with Gasteiger partial charge in [0, 0.05) is 6.54 Å². The molecule has 1 aliphatic heterocycles. The van der Waals surface area contributed by atoms with Crippen LogP contribution in [0.2, 0.25) is 0 Å². The van der Waals surface area contributed by atoms with Crippen LogP contribution < -0.4 is 4.90 Å². The Morgan fingerprint density at radius 3 is 3.00 bits per heavy atom. The molecule has 0 N–H and O–H groups in total. The van der Waals surface area contributed by atoms with Gasteiger partial charge in [-0.2, -0.15) is 0 Å². The van der Waals surface area contributed by atoms with Gasteiger partial charge in [-0.1, -0.05) is 23.5 Å². The third kappa shape index (κ3) is 2.48. The topological polar surface area (TPSA) is 51.7 Å². The summed E-state index contributed by atoms with van der Waals surface area (Å²) in [5, 5.41) is 0.926. The average Bonchev–Trinajstić information content (AvgIpc) is 2.89. The second kappa shape index (κ2) is 5.38. The Morgan fingerprint density at radius 2 is 2.25 bits per heavy atom. The standard InChI is InChI=1S/C14H16N2O3S/c1-9-7-16(8-11(19-9)13(17)18-2)14-15-10-5-3-4-6-12(10)20-14/h3-6,9,11H,7-8H2,1-2H3/t9-,11?/m1/s1. The molecular weight excluding hydrogens is 276 g/mol. The number of para-hydroxylation sites is 1. The number of esters is 1. The normalized spacial score (nSPS) is 23.0. The highest BCUT2D eigenvalue weighted by Crippen LogP contribution is 2.30. The Bertz CT molecular complexity index is 595. The molecular formula is C14H16N2O3S. The van der Waals surface area contributed by atoms with E-state index in [9.17, 15) is 4.79 Å². The number of carbonyl (C=O) groups excluding carboxylic acids is 1. The van der Waals surface area contributed by atoms with Crippen LogP contribution in [0.3, 0.4) is 0 Å². The van der Waals surface area contributed by atoms with Crippen molar-refractivity contribution in [2.45, 2.75) is 19.1 Å². The van der Waals surface area contributed by atoms with Gasteiger partial charge in [0.1, 0.15) is 0 Å². The molecule has 106 valence electrons. The van der Waals surface area contributed by atoms with Gasteiger partial charge in [0.2, 0.25) is 0 Å². The van der Waals surface area contributed by atoms with Gasteiger partial charge in [-0.05, 0) is 19.1 Å². The van der Waals surface area contributed by atoms with Crippen molar-refractivity contribution in [1.29, 1.82) is 0 Å². The number of thiazole rings is 1. The monoisotopic (exact) mass is 292 g/mol. The molecule has 1 saturated heterocycles. The van der Waals surface area contributed by atoms with Crippen LogP contribution in [0.15, 0.2) is 24.3 Å². The van der Waals surface area contributed by atoms with Crippen LogP contribution in [-0.2, 0) is 14.3 Å². The van der Waals surface area contributed by atoms with Crippen molar-refractivity contribution in [3.63, 3.8) is 0 Å². The molecule has 0 amide bonds. The molecule has 6 heteroatoms. The number of hydrogen-bond donors (Lipinski definition) is 0. The molecule has 3 rings (SSSR count). The fraction of sp³-hybridized carbons (Fsp3) is 0.429. The number of anilines is 1. The average molecular weight is 292 g/mol. The Balaban J connectivity index is 1.86. The van der Waals surface area contributed by atoms with E-state index < -0.39 is 6.10 Å². The van der Waals surface area contributed by atoms with Crippen molar-refractivity contribution < 1.29 is 14.3 Å². The first-order chi connectivity index (χ1) is 9.67. The van der Waals surface area contributed by atoms with Crippen molar-refractivity contribution in [1.82, 2.24) is 4.98 Å². The highest BCUT2D eigenvalue weighted by atomic mass is 32.1. The minimum Gasteiger partial charge on any atom is -0.467 e.